The van der Waals surface area contributed by atoms with E-state index in [0.29, 0.717) is 34.8 Å². The number of carbonyl (C=O) groups excluding carboxylic acids is 2. The van der Waals surface area contributed by atoms with E-state index in [2.05, 4.69) is 10.3 Å². The number of aryl methyl sites for hydroxylation is 1. The number of hydrogen-bond donors (Lipinski definition) is 1. The van der Waals surface area contributed by atoms with E-state index in [9.17, 15) is 14.4 Å². The largest absolute Gasteiger partial charge is 0.494 e. The maximum Gasteiger partial charge on any atom is 0.307 e. The summed E-state index contributed by atoms with van der Waals surface area (Å²) in [7, 11) is 1.62. The highest BCUT2D eigenvalue weighted by Gasteiger charge is 2.19. The minimum Gasteiger partial charge on any atom is -0.494 e. The summed E-state index contributed by atoms with van der Waals surface area (Å²) < 4.78 is 12.0. The van der Waals surface area contributed by atoms with Crippen molar-refractivity contribution >= 4 is 28.5 Å². The van der Waals surface area contributed by atoms with E-state index >= 15 is 0 Å². The van der Waals surface area contributed by atoms with Gasteiger partial charge < -0.3 is 14.8 Å². The predicted molar refractivity (Wildman–Crippen MR) is 117 cm³/mol. The van der Waals surface area contributed by atoms with E-state index in [-0.39, 0.29) is 18.4 Å². The standard InChI is InChI=1S/C23H25N3O5/c1-4-30-17-11-9-16(10-12-17)24-22(28)15(2)31-21(27)14-13-20-25-19-8-6-5-7-18(19)23(29)26(20)3/h5-12,15H,4,13-14H2,1-3H3,(H,24,28)/t15-/m0/s1. The first-order valence-electron chi connectivity index (χ1n) is 10.1. The van der Waals surface area contributed by atoms with Crippen LogP contribution in [-0.4, -0.2) is 34.1 Å². The fourth-order valence-electron chi connectivity index (χ4n) is 3.06. The Morgan fingerprint density at radius 2 is 1.84 bits per heavy atom. The fraction of sp³-hybridized carbons (Fsp3) is 0.304. The molecule has 1 amide bonds. The number of para-hydroxylation sites is 1. The van der Waals surface area contributed by atoms with Crippen LogP contribution < -0.4 is 15.6 Å². The summed E-state index contributed by atoms with van der Waals surface area (Å²) in [5.41, 5.74) is 0.987. The molecule has 8 nitrogen and oxygen atoms in total. The van der Waals surface area contributed by atoms with Gasteiger partial charge >= 0.3 is 5.97 Å². The van der Waals surface area contributed by atoms with Crippen LogP contribution in [0.15, 0.2) is 53.3 Å². The lowest BCUT2D eigenvalue weighted by Gasteiger charge is -2.14. The molecule has 0 saturated carbocycles. The van der Waals surface area contributed by atoms with Crippen LogP contribution in [0.2, 0.25) is 0 Å². The molecule has 31 heavy (non-hydrogen) atoms. The molecule has 0 radical (unpaired) electrons. The molecule has 162 valence electrons. The molecule has 3 rings (SSSR count). The van der Waals surface area contributed by atoms with E-state index in [0.717, 1.165) is 0 Å². The summed E-state index contributed by atoms with van der Waals surface area (Å²) in [5.74, 6) is 0.203. The number of fused-ring (bicyclic) bond motifs is 1. The fourth-order valence-corrected chi connectivity index (χ4v) is 3.06. The second-order valence-electron chi connectivity index (χ2n) is 6.99. The van der Waals surface area contributed by atoms with Gasteiger partial charge in [-0.15, -0.1) is 0 Å². The number of aromatic nitrogens is 2. The smallest absolute Gasteiger partial charge is 0.307 e. The summed E-state index contributed by atoms with van der Waals surface area (Å²) >= 11 is 0. The molecule has 0 unspecified atom stereocenters. The van der Waals surface area contributed by atoms with Crippen LogP contribution in [-0.2, 0) is 27.8 Å². The Labute approximate surface area is 179 Å². The summed E-state index contributed by atoms with van der Waals surface area (Å²) in [4.78, 5) is 41.4. The number of esters is 1. The third-order valence-electron chi connectivity index (χ3n) is 4.74. The van der Waals surface area contributed by atoms with Gasteiger partial charge in [-0.05, 0) is 50.2 Å². The van der Waals surface area contributed by atoms with Crippen LogP contribution in [0.4, 0.5) is 5.69 Å². The van der Waals surface area contributed by atoms with Crippen molar-refractivity contribution < 1.29 is 19.1 Å². The lowest BCUT2D eigenvalue weighted by atomic mass is 10.2. The van der Waals surface area contributed by atoms with Gasteiger partial charge in [-0.1, -0.05) is 12.1 Å². The third kappa shape index (κ3) is 5.48. The van der Waals surface area contributed by atoms with E-state index in [1.54, 1.807) is 55.6 Å². The molecule has 1 atom stereocenters. The molecule has 1 N–H and O–H groups in total. The van der Waals surface area contributed by atoms with Gasteiger partial charge in [0, 0.05) is 19.2 Å². The SMILES string of the molecule is CCOc1ccc(NC(=O)[C@H](C)OC(=O)CCc2nc3ccccc3c(=O)n2C)cc1. The number of anilines is 1. The monoisotopic (exact) mass is 423 g/mol. The first kappa shape index (κ1) is 22.0. The van der Waals surface area contributed by atoms with Crippen molar-refractivity contribution in [2.24, 2.45) is 7.05 Å². The quantitative estimate of drug-likeness (QED) is 0.560. The average Bonchev–Trinajstić information content (AvgIpc) is 2.76. The lowest BCUT2D eigenvalue weighted by Crippen LogP contribution is -2.30. The Balaban J connectivity index is 1.55. The highest BCUT2D eigenvalue weighted by Crippen LogP contribution is 2.16. The number of nitrogens with one attached hydrogen (secondary N) is 1. The van der Waals surface area contributed by atoms with Crippen molar-refractivity contribution in [3.8, 4) is 5.75 Å². The van der Waals surface area contributed by atoms with Crippen LogP contribution in [0.3, 0.4) is 0 Å². The van der Waals surface area contributed by atoms with E-state index in [1.165, 1.54) is 11.5 Å². The Bertz CT molecular complexity index is 1140. The van der Waals surface area contributed by atoms with Crippen molar-refractivity contribution in [1.29, 1.82) is 0 Å². The third-order valence-corrected chi connectivity index (χ3v) is 4.74. The molecule has 3 aromatic rings. The molecular weight excluding hydrogens is 398 g/mol. The van der Waals surface area contributed by atoms with Crippen LogP contribution >= 0.6 is 0 Å². The van der Waals surface area contributed by atoms with E-state index in [4.69, 9.17) is 9.47 Å². The summed E-state index contributed by atoms with van der Waals surface area (Å²) in [5, 5.41) is 3.22. The zero-order chi connectivity index (χ0) is 22.4. The molecular formula is C23H25N3O5. The molecule has 0 spiro atoms. The van der Waals surface area contributed by atoms with Gasteiger partial charge in [0.1, 0.15) is 11.6 Å². The molecule has 0 aliphatic rings. The van der Waals surface area contributed by atoms with Gasteiger partial charge in [0.15, 0.2) is 6.10 Å². The van der Waals surface area contributed by atoms with Crippen molar-refractivity contribution in [3.05, 3.63) is 64.7 Å². The summed E-state index contributed by atoms with van der Waals surface area (Å²) in [6.45, 7) is 3.95. The number of carbonyl (C=O) groups is 2. The number of amides is 1. The van der Waals surface area contributed by atoms with Gasteiger partial charge in [0.05, 0.1) is 23.9 Å². The highest BCUT2D eigenvalue weighted by atomic mass is 16.5. The van der Waals surface area contributed by atoms with Crippen molar-refractivity contribution in [3.63, 3.8) is 0 Å². The molecule has 0 bridgehead atoms. The highest BCUT2D eigenvalue weighted by molar-refractivity contribution is 5.95. The summed E-state index contributed by atoms with van der Waals surface area (Å²) in [6.07, 6.45) is -0.741. The molecule has 8 heteroatoms. The van der Waals surface area contributed by atoms with E-state index < -0.39 is 18.0 Å². The maximum atomic E-state index is 12.4. The molecule has 1 heterocycles. The van der Waals surface area contributed by atoms with Crippen LogP contribution in [0.5, 0.6) is 5.75 Å². The lowest BCUT2D eigenvalue weighted by molar-refractivity contribution is -0.153. The number of nitrogens with zero attached hydrogens (tertiary/aromatic N) is 2. The Morgan fingerprint density at radius 3 is 2.55 bits per heavy atom. The molecule has 0 saturated heterocycles. The number of benzene rings is 2. The molecule has 2 aromatic carbocycles. The van der Waals surface area contributed by atoms with Crippen LogP contribution in [0.1, 0.15) is 26.1 Å². The zero-order valence-electron chi connectivity index (χ0n) is 17.8. The Morgan fingerprint density at radius 1 is 1.13 bits per heavy atom. The molecule has 1 aromatic heterocycles. The first-order valence-corrected chi connectivity index (χ1v) is 10.1. The van der Waals surface area contributed by atoms with Crippen LogP contribution in [0, 0.1) is 0 Å². The first-order chi connectivity index (χ1) is 14.9. The topological polar surface area (TPSA) is 99.5 Å². The van der Waals surface area contributed by atoms with Gasteiger partial charge in [-0.2, -0.15) is 0 Å². The second kappa shape index (κ2) is 9.88. The normalized spacial score (nSPS) is 11.7. The maximum absolute atomic E-state index is 12.4. The minimum atomic E-state index is -0.965. The van der Waals surface area contributed by atoms with Gasteiger partial charge in [0.2, 0.25) is 0 Å². The number of ether oxygens (including phenoxy) is 2. The Hall–Kier alpha value is -3.68. The van der Waals surface area contributed by atoms with Crippen molar-refractivity contribution in [1.82, 2.24) is 9.55 Å². The predicted octanol–water partition coefficient (Wildman–Crippen LogP) is 2.84. The summed E-state index contributed by atoms with van der Waals surface area (Å²) in [6, 6.07) is 14.0. The minimum absolute atomic E-state index is 0.000701. The van der Waals surface area contributed by atoms with Crippen LogP contribution in [0.25, 0.3) is 10.9 Å². The van der Waals surface area contributed by atoms with Gasteiger partial charge in [-0.3, -0.25) is 19.0 Å². The van der Waals surface area contributed by atoms with Gasteiger partial charge in [0.25, 0.3) is 11.5 Å². The molecule has 0 aliphatic carbocycles. The van der Waals surface area contributed by atoms with Crippen molar-refractivity contribution in [2.45, 2.75) is 32.8 Å². The van der Waals surface area contributed by atoms with Gasteiger partial charge in [-0.25, -0.2) is 4.98 Å². The number of rotatable bonds is 8. The molecule has 0 fully saturated rings. The number of hydrogen-bond acceptors (Lipinski definition) is 6. The average molecular weight is 423 g/mol. The van der Waals surface area contributed by atoms with Crippen molar-refractivity contribution in [2.75, 3.05) is 11.9 Å². The molecule has 0 aliphatic heterocycles. The van der Waals surface area contributed by atoms with E-state index in [1.807, 2.05) is 6.92 Å². The second-order valence-corrected chi connectivity index (χ2v) is 6.99. The zero-order valence-corrected chi connectivity index (χ0v) is 17.8. The Kier molecular flexibility index (Phi) is 7.02.